The van der Waals surface area contributed by atoms with Crippen LogP contribution >= 0.6 is 0 Å². The van der Waals surface area contributed by atoms with Crippen LogP contribution in [0.1, 0.15) is 26.2 Å². The Kier molecular flexibility index (Phi) is 4.46. The van der Waals surface area contributed by atoms with E-state index < -0.39 is 0 Å². The Balaban J connectivity index is 2.18. The van der Waals surface area contributed by atoms with Gasteiger partial charge in [0.15, 0.2) is 0 Å². The van der Waals surface area contributed by atoms with E-state index in [4.69, 9.17) is 0 Å². The summed E-state index contributed by atoms with van der Waals surface area (Å²) in [6, 6.07) is 0.707. The van der Waals surface area contributed by atoms with E-state index >= 15 is 0 Å². The lowest BCUT2D eigenvalue weighted by molar-refractivity contribution is 0.277. The predicted molar refractivity (Wildman–Crippen MR) is 58.0 cm³/mol. The van der Waals surface area contributed by atoms with Crippen molar-refractivity contribution in [1.29, 1.82) is 0 Å². The van der Waals surface area contributed by atoms with Crippen molar-refractivity contribution >= 4 is 0 Å². The monoisotopic (exact) mass is 182 g/mol. The molecule has 2 nitrogen and oxygen atoms in total. The van der Waals surface area contributed by atoms with Crippen LogP contribution in [-0.2, 0) is 0 Å². The second-order valence-electron chi connectivity index (χ2n) is 4.30. The normalized spacial score (nSPS) is 23.5. The molecule has 0 saturated carbocycles. The summed E-state index contributed by atoms with van der Waals surface area (Å²) in [7, 11) is 2.17. The third kappa shape index (κ3) is 4.44. The Morgan fingerprint density at radius 1 is 1.54 bits per heavy atom. The quantitative estimate of drug-likeness (QED) is 0.665. The molecule has 0 radical (unpaired) electrons. The molecule has 1 unspecified atom stereocenters. The van der Waals surface area contributed by atoms with Crippen LogP contribution < -0.4 is 5.32 Å². The SMILES string of the molecule is C=C(C)CN(C)CC1CCCCN1. The zero-order valence-corrected chi connectivity index (χ0v) is 8.97. The number of nitrogens with one attached hydrogen (secondary N) is 1. The van der Waals surface area contributed by atoms with Gasteiger partial charge in [-0.05, 0) is 33.4 Å². The van der Waals surface area contributed by atoms with Crippen LogP contribution in [0.2, 0.25) is 0 Å². The lowest BCUT2D eigenvalue weighted by Gasteiger charge is -2.28. The summed E-state index contributed by atoms with van der Waals surface area (Å²) in [5.74, 6) is 0. The molecule has 0 aliphatic carbocycles. The molecule has 1 fully saturated rings. The number of likely N-dealkylation sites (N-methyl/N-ethyl adjacent to an activating group) is 1. The molecule has 0 aromatic heterocycles. The van der Waals surface area contributed by atoms with E-state index in [0.717, 1.165) is 13.1 Å². The highest BCUT2D eigenvalue weighted by atomic mass is 15.1. The van der Waals surface area contributed by atoms with E-state index in [1.807, 2.05) is 0 Å². The molecule has 1 atom stereocenters. The molecule has 1 aliphatic rings. The first kappa shape index (κ1) is 10.7. The summed E-state index contributed by atoms with van der Waals surface area (Å²) in [6.07, 6.45) is 4.07. The Morgan fingerprint density at radius 3 is 2.85 bits per heavy atom. The molecule has 1 aliphatic heterocycles. The van der Waals surface area contributed by atoms with E-state index in [1.165, 1.54) is 31.4 Å². The van der Waals surface area contributed by atoms with E-state index in [9.17, 15) is 0 Å². The molecule has 0 bridgehead atoms. The highest BCUT2D eigenvalue weighted by Crippen LogP contribution is 2.08. The van der Waals surface area contributed by atoms with Crippen LogP contribution in [0.15, 0.2) is 12.2 Å². The minimum atomic E-state index is 0.707. The molecule has 1 N–H and O–H groups in total. The summed E-state index contributed by atoms with van der Waals surface area (Å²) in [5.41, 5.74) is 1.25. The minimum absolute atomic E-state index is 0.707. The van der Waals surface area contributed by atoms with Crippen LogP contribution in [0.5, 0.6) is 0 Å². The average Bonchev–Trinajstić information content (AvgIpc) is 2.04. The van der Waals surface area contributed by atoms with Gasteiger partial charge in [-0.15, -0.1) is 0 Å². The molecular formula is C11H22N2. The largest absolute Gasteiger partial charge is 0.313 e. The molecule has 0 amide bonds. The van der Waals surface area contributed by atoms with Gasteiger partial charge in [0, 0.05) is 19.1 Å². The predicted octanol–water partition coefficient (Wildman–Crippen LogP) is 1.64. The van der Waals surface area contributed by atoms with Crippen LogP contribution in [-0.4, -0.2) is 37.6 Å². The molecule has 0 aromatic carbocycles. The van der Waals surface area contributed by atoms with Gasteiger partial charge in [-0.1, -0.05) is 18.6 Å². The molecule has 2 heteroatoms. The smallest absolute Gasteiger partial charge is 0.0195 e. The van der Waals surface area contributed by atoms with Gasteiger partial charge in [0.2, 0.25) is 0 Å². The van der Waals surface area contributed by atoms with Crippen molar-refractivity contribution < 1.29 is 0 Å². The second kappa shape index (κ2) is 5.40. The number of piperidine rings is 1. The van der Waals surface area contributed by atoms with E-state index in [1.54, 1.807) is 0 Å². The van der Waals surface area contributed by atoms with Crippen molar-refractivity contribution in [3.05, 3.63) is 12.2 Å². The lowest BCUT2D eigenvalue weighted by atomic mass is 10.0. The summed E-state index contributed by atoms with van der Waals surface area (Å²) < 4.78 is 0. The highest BCUT2D eigenvalue weighted by Gasteiger charge is 2.13. The van der Waals surface area contributed by atoms with Gasteiger partial charge in [-0.25, -0.2) is 0 Å². The first-order valence-corrected chi connectivity index (χ1v) is 5.25. The van der Waals surface area contributed by atoms with Gasteiger partial charge in [-0.3, -0.25) is 0 Å². The average molecular weight is 182 g/mol. The maximum absolute atomic E-state index is 3.93. The number of rotatable bonds is 4. The van der Waals surface area contributed by atoms with Crippen LogP contribution in [0, 0.1) is 0 Å². The minimum Gasteiger partial charge on any atom is -0.313 e. The van der Waals surface area contributed by atoms with Crippen molar-refractivity contribution in [2.45, 2.75) is 32.2 Å². The summed E-state index contributed by atoms with van der Waals surface area (Å²) >= 11 is 0. The Morgan fingerprint density at radius 2 is 2.31 bits per heavy atom. The Hall–Kier alpha value is -0.340. The van der Waals surface area contributed by atoms with Crippen molar-refractivity contribution in [2.24, 2.45) is 0 Å². The van der Waals surface area contributed by atoms with E-state index in [-0.39, 0.29) is 0 Å². The summed E-state index contributed by atoms with van der Waals surface area (Å²) in [6.45, 7) is 9.40. The van der Waals surface area contributed by atoms with Gasteiger partial charge in [0.05, 0.1) is 0 Å². The molecule has 13 heavy (non-hydrogen) atoms. The summed E-state index contributed by atoms with van der Waals surface area (Å²) in [5, 5.41) is 3.55. The van der Waals surface area contributed by atoms with Crippen molar-refractivity contribution in [2.75, 3.05) is 26.7 Å². The van der Waals surface area contributed by atoms with E-state index in [2.05, 4.69) is 30.8 Å². The van der Waals surface area contributed by atoms with Crippen molar-refractivity contribution in [3.8, 4) is 0 Å². The third-order valence-corrected chi connectivity index (χ3v) is 2.48. The molecule has 76 valence electrons. The molecule has 1 heterocycles. The standard InChI is InChI=1S/C11H22N2/c1-10(2)8-13(3)9-11-6-4-5-7-12-11/h11-12H,1,4-9H2,2-3H3. The maximum atomic E-state index is 3.93. The zero-order valence-electron chi connectivity index (χ0n) is 8.97. The lowest BCUT2D eigenvalue weighted by Crippen LogP contribution is -2.42. The van der Waals surface area contributed by atoms with Crippen LogP contribution in [0.3, 0.4) is 0 Å². The fourth-order valence-corrected chi connectivity index (χ4v) is 1.98. The highest BCUT2D eigenvalue weighted by molar-refractivity contribution is 4.91. The summed E-state index contributed by atoms with van der Waals surface area (Å²) in [4.78, 5) is 2.35. The zero-order chi connectivity index (χ0) is 9.68. The Bertz CT molecular complexity index is 159. The van der Waals surface area contributed by atoms with Crippen molar-refractivity contribution in [3.63, 3.8) is 0 Å². The maximum Gasteiger partial charge on any atom is 0.0195 e. The van der Waals surface area contributed by atoms with E-state index in [0.29, 0.717) is 6.04 Å². The van der Waals surface area contributed by atoms with Gasteiger partial charge in [0.25, 0.3) is 0 Å². The second-order valence-corrected chi connectivity index (χ2v) is 4.30. The van der Waals surface area contributed by atoms with Gasteiger partial charge in [-0.2, -0.15) is 0 Å². The van der Waals surface area contributed by atoms with Crippen LogP contribution in [0.25, 0.3) is 0 Å². The molecular weight excluding hydrogens is 160 g/mol. The number of hydrogen-bond donors (Lipinski definition) is 1. The Labute approximate surface area is 82.0 Å². The van der Waals surface area contributed by atoms with Gasteiger partial charge < -0.3 is 10.2 Å². The topological polar surface area (TPSA) is 15.3 Å². The van der Waals surface area contributed by atoms with Crippen LogP contribution in [0.4, 0.5) is 0 Å². The van der Waals surface area contributed by atoms with Crippen molar-refractivity contribution in [1.82, 2.24) is 10.2 Å². The molecule has 1 saturated heterocycles. The molecule has 0 aromatic rings. The molecule has 0 spiro atoms. The van der Waals surface area contributed by atoms with Gasteiger partial charge in [0.1, 0.15) is 0 Å². The fraction of sp³-hybridized carbons (Fsp3) is 0.818. The number of hydrogen-bond acceptors (Lipinski definition) is 2. The fourth-order valence-electron chi connectivity index (χ4n) is 1.98. The molecule has 1 rings (SSSR count). The van der Waals surface area contributed by atoms with Gasteiger partial charge >= 0.3 is 0 Å². The first-order chi connectivity index (χ1) is 6.18. The first-order valence-electron chi connectivity index (χ1n) is 5.25. The number of nitrogens with zero attached hydrogens (tertiary/aromatic N) is 1. The third-order valence-electron chi connectivity index (χ3n) is 2.48.